The topological polar surface area (TPSA) is 56.3 Å². The first-order chi connectivity index (χ1) is 8.74. The molecule has 0 bridgehead atoms. The third-order valence-corrected chi connectivity index (χ3v) is 4.34. The van der Waals surface area contributed by atoms with Gasteiger partial charge in [0.2, 0.25) is 5.88 Å². The Hall–Kier alpha value is -1.10. The molecule has 4 nitrogen and oxygen atoms in total. The molecule has 5 heteroatoms. The standard InChI is InChI=1S/C14H23NO3S/c1-5-14(2,3)12-7-8-13(15-11-12)18-9-6-10-19(4,16)17/h7-8,11H,5-6,9-10H2,1-4H3. The number of nitrogens with zero attached hydrogens (tertiary/aromatic N) is 1. The van der Waals surface area contributed by atoms with Gasteiger partial charge < -0.3 is 4.74 Å². The first-order valence-electron chi connectivity index (χ1n) is 6.51. The fourth-order valence-corrected chi connectivity index (χ4v) is 2.21. The van der Waals surface area contributed by atoms with E-state index in [0.717, 1.165) is 6.42 Å². The molecule has 1 aromatic rings. The Kier molecular flexibility index (Phi) is 5.35. The van der Waals surface area contributed by atoms with Crippen LogP contribution < -0.4 is 4.74 Å². The average molecular weight is 285 g/mol. The maximum absolute atomic E-state index is 11.0. The lowest BCUT2D eigenvalue weighted by Gasteiger charge is -2.22. The maximum Gasteiger partial charge on any atom is 0.213 e. The van der Waals surface area contributed by atoms with Crippen molar-refractivity contribution in [2.75, 3.05) is 18.6 Å². The number of pyridine rings is 1. The molecule has 0 unspecified atom stereocenters. The average Bonchev–Trinajstić information content (AvgIpc) is 2.34. The predicted molar refractivity (Wildman–Crippen MR) is 77.4 cm³/mol. The second kappa shape index (κ2) is 6.37. The quantitative estimate of drug-likeness (QED) is 0.723. The van der Waals surface area contributed by atoms with Crippen LogP contribution in [0.3, 0.4) is 0 Å². The van der Waals surface area contributed by atoms with Gasteiger partial charge in [-0.1, -0.05) is 26.8 Å². The molecule has 0 spiro atoms. The molecule has 19 heavy (non-hydrogen) atoms. The summed E-state index contributed by atoms with van der Waals surface area (Å²) in [4.78, 5) is 4.26. The van der Waals surface area contributed by atoms with Gasteiger partial charge >= 0.3 is 0 Å². The summed E-state index contributed by atoms with van der Waals surface area (Å²) in [6.07, 6.45) is 4.59. The van der Waals surface area contributed by atoms with Crippen LogP contribution in [0.2, 0.25) is 0 Å². The first kappa shape index (κ1) is 16.0. The zero-order valence-electron chi connectivity index (χ0n) is 12.1. The number of hydrogen-bond donors (Lipinski definition) is 0. The number of rotatable bonds is 7. The highest BCUT2D eigenvalue weighted by Gasteiger charge is 2.18. The summed E-state index contributed by atoms with van der Waals surface area (Å²) in [6.45, 7) is 6.87. The Bertz CT molecular complexity index is 492. The summed E-state index contributed by atoms with van der Waals surface area (Å²) < 4.78 is 27.3. The molecule has 0 saturated heterocycles. The van der Waals surface area contributed by atoms with Crippen molar-refractivity contribution in [1.29, 1.82) is 0 Å². The summed E-state index contributed by atoms with van der Waals surface area (Å²) in [6, 6.07) is 3.86. The third kappa shape index (κ3) is 5.59. The molecule has 0 radical (unpaired) electrons. The highest BCUT2D eigenvalue weighted by molar-refractivity contribution is 7.90. The second-order valence-corrected chi connectivity index (χ2v) is 7.71. The highest BCUT2D eigenvalue weighted by atomic mass is 32.2. The van der Waals surface area contributed by atoms with Crippen LogP contribution in [-0.4, -0.2) is 32.0 Å². The molecule has 0 aromatic carbocycles. The van der Waals surface area contributed by atoms with Gasteiger partial charge in [0, 0.05) is 18.5 Å². The van der Waals surface area contributed by atoms with Gasteiger partial charge in [0.05, 0.1) is 12.4 Å². The van der Waals surface area contributed by atoms with Crippen molar-refractivity contribution in [3.63, 3.8) is 0 Å². The minimum atomic E-state index is -2.91. The summed E-state index contributed by atoms with van der Waals surface area (Å²) in [5, 5.41) is 0. The highest BCUT2D eigenvalue weighted by Crippen LogP contribution is 2.26. The third-order valence-electron chi connectivity index (χ3n) is 3.31. The molecule has 0 aliphatic carbocycles. The Labute approximate surface area is 116 Å². The van der Waals surface area contributed by atoms with E-state index < -0.39 is 9.84 Å². The van der Waals surface area contributed by atoms with Crippen LogP contribution in [0.1, 0.15) is 39.2 Å². The van der Waals surface area contributed by atoms with E-state index >= 15 is 0 Å². The molecule has 0 fully saturated rings. The molecular formula is C14H23NO3S. The zero-order valence-corrected chi connectivity index (χ0v) is 13.0. The largest absolute Gasteiger partial charge is 0.478 e. The van der Waals surface area contributed by atoms with Gasteiger partial charge in [-0.05, 0) is 23.8 Å². The van der Waals surface area contributed by atoms with Gasteiger partial charge in [0.1, 0.15) is 9.84 Å². The number of ether oxygens (including phenoxy) is 1. The number of aromatic nitrogens is 1. The van der Waals surface area contributed by atoms with Crippen LogP contribution in [0, 0.1) is 0 Å². The van der Waals surface area contributed by atoms with Crippen LogP contribution in [0.25, 0.3) is 0 Å². The minimum absolute atomic E-state index is 0.113. The maximum atomic E-state index is 11.0. The molecular weight excluding hydrogens is 262 g/mol. The van der Waals surface area contributed by atoms with Gasteiger partial charge in [-0.2, -0.15) is 0 Å². The minimum Gasteiger partial charge on any atom is -0.478 e. The molecule has 1 rings (SSSR count). The van der Waals surface area contributed by atoms with E-state index in [2.05, 4.69) is 25.8 Å². The van der Waals surface area contributed by atoms with Crippen molar-refractivity contribution in [3.05, 3.63) is 23.9 Å². The summed E-state index contributed by atoms with van der Waals surface area (Å²) in [5.74, 6) is 0.692. The fraction of sp³-hybridized carbons (Fsp3) is 0.643. The molecule has 0 aliphatic heterocycles. The van der Waals surface area contributed by atoms with Crippen molar-refractivity contribution in [1.82, 2.24) is 4.98 Å². The lowest BCUT2D eigenvalue weighted by atomic mass is 9.83. The Balaban J connectivity index is 2.49. The second-order valence-electron chi connectivity index (χ2n) is 5.45. The molecule has 0 N–H and O–H groups in total. The molecule has 1 aromatic heterocycles. The van der Waals surface area contributed by atoms with Gasteiger partial charge in [-0.3, -0.25) is 0 Å². The smallest absolute Gasteiger partial charge is 0.213 e. The number of hydrogen-bond acceptors (Lipinski definition) is 4. The fourth-order valence-electron chi connectivity index (χ4n) is 1.57. The van der Waals surface area contributed by atoms with E-state index in [1.54, 1.807) is 0 Å². The van der Waals surface area contributed by atoms with Crippen LogP contribution >= 0.6 is 0 Å². The molecule has 108 valence electrons. The van der Waals surface area contributed by atoms with E-state index in [0.29, 0.717) is 18.9 Å². The van der Waals surface area contributed by atoms with Crippen LogP contribution in [0.5, 0.6) is 5.88 Å². The van der Waals surface area contributed by atoms with Crippen molar-refractivity contribution >= 4 is 9.84 Å². The van der Waals surface area contributed by atoms with E-state index in [9.17, 15) is 8.42 Å². The van der Waals surface area contributed by atoms with Crippen LogP contribution in [0.15, 0.2) is 18.3 Å². The summed E-state index contributed by atoms with van der Waals surface area (Å²) in [7, 11) is -2.91. The number of sulfone groups is 1. The SMILES string of the molecule is CCC(C)(C)c1ccc(OCCCS(C)(=O)=O)nc1. The monoisotopic (exact) mass is 285 g/mol. The summed E-state index contributed by atoms with van der Waals surface area (Å²) >= 11 is 0. The molecule has 1 heterocycles. The zero-order chi connectivity index (χ0) is 14.5. The van der Waals surface area contributed by atoms with Gasteiger partial charge in [0.25, 0.3) is 0 Å². The van der Waals surface area contributed by atoms with Crippen LogP contribution in [0.4, 0.5) is 0 Å². The normalized spacial score (nSPS) is 12.4. The van der Waals surface area contributed by atoms with Gasteiger partial charge in [0.15, 0.2) is 0 Å². The van der Waals surface area contributed by atoms with E-state index in [4.69, 9.17) is 4.74 Å². The lowest BCUT2D eigenvalue weighted by molar-refractivity contribution is 0.305. The van der Waals surface area contributed by atoms with E-state index in [1.165, 1.54) is 11.8 Å². The van der Waals surface area contributed by atoms with Gasteiger partial charge in [-0.25, -0.2) is 13.4 Å². The van der Waals surface area contributed by atoms with E-state index in [1.807, 2.05) is 18.3 Å². The first-order valence-corrected chi connectivity index (χ1v) is 8.58. The Morgan fingerprint density at radius 1 is 1.32 bits per heavy atom. The summed E-state index contributed by atoms with van der Waals surface area (Å²) in [5.41, 5.74) is 1.29. The van der Waals surface area contributed by atoms with Crippen molar-refractivity contribution in [2.45, 2.75) is 39.0 Å². The predicted octanol–water partition coefficient (Wildman–Crippen LogP) is 2.58. The molecule has 0 aliphatic rings. The van der Waals surface area contributed by atoms with Crippen molar-refractivity contribution < 1.29 is 13.2 Å². The van der Waals surface area contributed by atoms with Gasteiger partial charge in [-0.15, -0.1) is 0 Å². The Morgan fingerprint density at radius 3 is 2.47 bits per heavy atom. The van der Waals surface area contributed by atoms with Crippen molar-refractivity contribution in [2.24, 2.45) is 0 Å². The molecule has 0 amide bonds. The van der Waals surface area contributed by atoms with Crippen LogP contribution in [-0.2, 0) is 15.3 Å². The Morgan fingerprint density at radius 2 is 2.00 bits per heavy atom. The lowest BCUT2D eigenvalue weighted by Crippen LogP contribution is -2.15. The van der Waals surface area contributed by atoms with E-state index in [-0.39, 0.29) is 11.2 Å². The van der Waals surface area contributed by atoms with Crippen molar-refractivity contribution in [3.8, 4) is 5.88 Å². The molecule has 0 saturated carbocycles. The molecule has 0 atom stereocenters.